The lowest BCUT2D eigenvalue weighted by Gasteiger charge is -2.34. The van der Waals surface area contributed by atoms with Crippen molar-refractivity contribution in [1.82, 2.24) is 9.80 Å². The monoisotopic (exact) mass is 446 g/mol. The van der Waals surface area contributed by atoms with Gasteiger partial charge in [-0.1, -0.05) is 36.4 Å². The van der Waals surface area contributed by atoms with E-state index in [0.29, 0.717) is 25.2 Å². The lowest BCUT2D eigenvalue weighted by atomic mass is 9.95. The van der Waals surface area contributed by atoms with Crippen molar-refractivity contribution in [3.8, 4) is 11.5 Å². The van der Waals surface area contributed by atoms with Gasteiger partial charge in [0.2, 0.25) is 5.91 Å². The molecule has 6 heteroatoms. The summed E-state index contributed by atoms with van der Waals surface area (Å²) in [5.41, 5.74) is 1.69. The third-order valence-electron chi connectivity index (χ3n) is 6.35. The van der Waals surface area contributed by atoms with E-state index in [1.54, 1.807) is 19.1 Å². The maximum atomic E-state index is 13.5. The van der Waals surface area contributed by atoms with Crippen molar-refractivity contribution in [3.63, 3.8) is 0 Å². The molecule has 0 bridgehead atoms. The molecular formula is C27H30N2O4. The number of likely N-dealkylation sites (tertiary alicyclic amines) is 1. The number of amides is 2. The molecule has 1 heterocycles. The van der Waals surface area contributed by atoms with Gasteiger partial charge in [-0.2, -0.15) is 0 Å². The first-order chi connectivity index (χ1) is 16.0. The van der Waals surface area contributed by atoms with Crippen LogP contribution in [0, 0.1) is 5.92 Å². The van der Waals surface area contributed by atoms with Crippen LogP contribution >= 0.6 is 0 Å². The Morgan fingerprint density at radius 2 is 1.70 bits per heavy atom. The van der Waals surface area contributed by atoms with Gasteiger partial charge in [-0.25, -0.2) is 0 Å². The average molecular weight is 447 g/mol. The number of fused-ring (bicyclic) bond motifs is 1. The zero-order chi connectivity index (χ0) is 23.4. The largest absolute Gasteiger partial charge is 0.497 e. The Bertz CT molecular complexity index is 1140. The Kier molecular flexibility index (Phi) is 6.82. The minimum Gasteiger partial charge on any atom is -0.497 e. The highest BCUT2D eigenvalue weighted by Crippen LogP contribution is 2.30. The molecule has 0 saturated carbocycles. The van der Waals surface area contributed by atoms with Crippen LogP contribution in [-0.2, 0) is 11.3 Å². The fourth-order valence-corrected chi connectivity index (χ4v) is 4.56. The number of methoxy groups -OCH3 is 2. The number of nitrogens with zero attached hydrogens (tertiary/aromatic N) is 2. The molecule has 4 rings (SSSR count). The number of hydrogen-bond acceptors (Lipinski definition) is 4. The van der Waals surface area contributed by atoms with Gasteiger partial charge < -0.3 is 19.3 Å². The molecule has 0 aromatic heterocycles. The summed E-state index contributed by atoms with van der Waals surface area (Å²) in [6.07, 6.45) is 1.60. The van der Waals surface area contributed by atoms with Crippen molar-refractivity contribution in [2.75, 3.05) is 34.4 Å². The first-order valence-electron chi connectivity index (χ1n) is 11.2. The summed E-state index contributed by atoms with van der Waals surface area (Å²) < 4.78 is 10.7. The second kappa shape index (κ2) is 9.94. The minimum atomic E-state index is -0.199. The first-order valence-corrected chi connectivity index (χ1v) is 11.2. The summed E-state index contributed by atoms with van der Waals surface area (Å²) in [6.45, 7) is 1.62. The zero-order valence-electron chi connectivity index (χ0n) is 19.4. The van der Waals surface area contributed by atoms with Gasteiger partial charge in [-0.05, 0) is 48.1 Å². The number of rotatable bonds is 6. The Hall–Kier alpha value is -3.54. The number of ether oxygens (including phenoxy) is 2. The molecule has 1 saturated heterocycles. The van der Waals surface area contributed by atoms with Gasteiger partial charge in [0.05, 0.1) is 20.1 Å². The third kappa shape index (κ3) is 4.80. The van der Waals surface area contributed by atoms with Crippen LogP contribution in [0.5, 0.6) is 11.5 Å². The maximum Gasteiger partial charge on any atom is 0.254 e. The predicted molar refractivity (Wildman–Crippen MR) is 129 cm³/mol. The summed E-state index contributed by atoms with van der Waals surface area (Å²) >= 11 is 0. The topological polar surface area (TPSA) is 59.1 Å². The Labute approximate surface area is 194 Å². The van der Waals surface area contributed by atoms with E-state index >= 15 is 0 Å². The Morgan fingerprint density at radius 3 is 2.39 bits per heavy atom. The second-order valence-electron chi connectivity index (χ2n) is 8.49. The van der Waals surface area contributed by atoms with Crippen molar-refractivity contribution in [2.45, 2.75) is 19.4 Å². The molecule has 3 aromatic carbocycles. The molecular weight excluding hydrogens is 416 g/mol. The summed E-state index contributed by atoms with van der Waals surface area (Å²) in [5.74, 6) is 1.37. The fourth-order valence-electron chi connectivity index (χ4n) is 4.56. The number of hydrogen-bond donors (Lipinski definition) is 0. The van der Waals surface area contributed by atoms with E-state index in [4.69, 9.17) is 9.47 Å². The van der Waals surface area contributed by atoms with Crippen LogP contribution in [-0.4, -0.2) is 56.0 Å². The van der Waals surface area contributed by atoms with Crippen LogP contribution in [0.3, 0.4) is 0 Å². The zero-order valence-corrected chi connectivity index (χ0v) is 19.4. The van der Waals surface area contributed by atoms with Crippen LogP contribution in [0.4, 0.5) is 0 Å². The molecule has 1 aliphatic rings. The fraction of sp³-hybridized carbons (Fsp3) is 0.333. The molecule has 0 N–H and O–H groups in total. The van der Waals surface area contributed by atoms with Crippen LogP contribution in [0.15, 0.2) is 60.7 Å². The predicted octanol–water partition coefficient (Wildman–Crippen LogP) is 4.37. The molecule has 0 radical (unpaired) electrons. The van der Waals surface area contributed by atoms with E-state index in [-0.39, 0.29) is 17.7 Å². The van der Waals surface area contributed by atoms with Crippen LogP contribution in [0.2, 0.25) is 0 Å². The number of carbonyl (C=O) groups is 2. The standard InChI is InChI=1S/C27H30N2O4/c1-28(17-19-10-12-21(32-2)13-11-19)26(30)20-7-6-16-29(18-20)27(31)24-14-15-25(33-3)23-9-5-4-8-22(23)24/h4-5,8-15,20H,6-7,16-18H2,1-3H3/t20-/m1/s1. The van der Waals surface area contributed by atoms with Gasteiger partial charge in [0.15, 0.2) is 0 Å². The van der Waals surface area contributed by atoms with Gasteiger partial charge in [-0.3, -0.25) is 9.59 Å². The molecule has 0 aliphatic carbocycles. The van der Waals surface area contributed by atoms with Gasteiger partial charge in [0.1, 0.15) is 11.5 Å². The van der Waals surface area contributed by atoms with E-state index in [0.717, 1.165) is 40.7 Å². The van der Waals surface area contributed by atoms with Crippen LogP contribution in [0.25, 0.3) is 10.8 Å². The summed E-state index contributed by atoms with van der Waals surface area (Å²) in [5, 5.41) is 1.78. The molecule has 172 valence electrons. The van der Waals surface area contributed by atoms with E-state index in [1.807, 2.05) is 72.6 Å². The number of piperidine rings is 1. The lowest BCUT2D eigenvalue weighted by Crippen LogP contribution is -2.45. The normalized spacial score (nSPS) is 15.8. The highest BCUT2D eigenvalue weighted by Gasteiger charge is 2.31. The Balaban J connectivity index is 1.47. The van der Waals surface area contributed by atoms with E-state index in [1.165, 1.54) is 0 Å². The molecule has 2 amide bonds. The van der Waals surface area contributed by atoms with Gasteiger partial charge in [-0.15, -0.1) is 0 Å². The SMILES string of the molecule is COc1ccc(CN(C)C(=O)[C@@H]2CCCN(C(=O)c3ccc(OC)c4ccccc34)C2)cc1. The summed E-state index contributed by atoms with van der Waals surface area (Å²) in [6, 6.07) is 19.2. The van der Waals surface area contributed by atoms with E-state index in [2.05, 4.69) is 0 Å². The number of benzene rings is 3. The van der Waals surface area contributed by atoms with Crippen molar-refractivity contribution in [1.29, 1.82) is 0 Å². The molecule has 1 fully saturated rings. The van der Waals surface area contributed by atoms with Gasteiger partial charge in [0.25, 0.3) is 5.91 Å². The Morgan fingerprint density at radius 1 is 0.970 bits per heavy atom. The highest BCUT2D eigenvalue weighted by molar-refractivity contribution is 6.08. The third-order valence-corrected chi connectivity index (χ3v) is 6.35. The highest BCUT2D eigenvalue weighted by atomic mass is 16.5. The quantitative estimate of drug-likeness (QED) is 0.564. The van der Waals surface area contributed by atoms with E-state index in [9.17, 15) is 9.59 Å². The van der Waals surface area contributed by atoms with Gasteiger partial charge >= 0.3 is 0 Å². The van der Waals surface area contributed by atoms with Crippen molar-refractivity contribution in [2.24, 2.45) is 5.92 Å². The molecule has 33 heavy (non-hydrogen) atoms. The van der Waals surface area contributed by atoms with Crippen LogP contribution < -0.4 is 9.47 Å². The van der Waals surface area contributed by atoms with Crippen molar-refractivity contribution in [3.05, 3.63) is 71.8 Å². The molecule has 1 atom stereocenters. The molecule has 6 nitrogen and oxygen atoms in total. The molecule has 0 unspecified atom stereocenters. The van der Waals surface area contributed by atoms with Crippen molar-refractivity contribution >= 4 is 22.6 Å². The van der Waals surface area contributed by atoms with Gasteiger partial charge in [0, 0.05) is 37.6 Å². The summed E-state index contributed by atoms with van der Waals surface area (Å²) in [7, 11) is 5.09. The second-order valence-corrected chi connectivity index (χ2v) is 8.49. The minimum absolute atomic E-state index is 0.0378. The lowest BCUT2D eigenvalue weighted by molar-refractivity contribution is -0.136. The molecule has 3 aromatic rings. The van der Waals surface area contributed by atoms with Crippen LogP contribution in [0.1, 0.15) is 28.8 Å². The average Bonchev–Trinajstić information content (AvgIpc) is 2.87. The molecule has 0 spiro atoms. The molecule has 1 aliphatic heterocycles. The first kappa shape index (κ1) is 22.6. The maximum absolute atomic E-state index is 13.5. The van der Waals surface area contributed by atoms with Crippen molar-refractivity contribution < 1.29 is 19.1 Å². The smallest absolute Gasteiger partial charge is 0.254 e. The van der Waals surface area contributed by atoms with E-state index < -0.39 is 0 Å². The number of carbonyl (C=O) groups excluding carboxylic acids is 2. The summed E-state index contributed by atoms with van der Waals surface area (Å²) in [4.78, 5) is 30.2.